The number of fused-ring (bicyclic) bond motifs is 1. The van der Waals surface area contributed by atoms with Crippen LogP contribution in [0.3, 0.4) is 0 Å². The highest BCUT2D eigenvalue weighted by molar-refractivity contribution is 7.92. The Bertz CT molecular complexity index is 1340. The molecule has 8 heteroatoms. The van der Waals surface area contributed by atoms with Crippen molar-refractivity contribution in [2.45, 2.75) is 24.8 Å². The first kappa shape index (κ1) is 20.0. The number of benzene rings is 2. The minimum Gasteiger partial charge on any atom is -0.361 e. The summed E-state index contributed by atoms with van der Waals surface area (Å²) in [6, 6.07) is 14.8. The van der Waals surface area contributed by atoms with Gasteiger partial charge in [-0.3, -0.25) is 4.79 Å². The molecule has 0 aliphatic rings. The lowest BCUT2D eigenvalue weighted by Crippen LogP contribution is -2.18. The second-order valence-electron chi connectivity index (χ2n) is 7.17. The van der Waals surface area contributed by atoms with E-state index in [4.69, 9.17) is 4.52 Å². The molecule has 0 saturated heterocycles. The first-order valence-corrected chi connectivity index (χ1v) is 11.0. The Morgan fingerprint density at radius 2 is 1.93 bits per heavy atom. The summed E-state index contributed by atoms with van der Waals surface area (Å²) in [5.41, 5.74) is 1.80. The molecule has 0 N–H and O–H groups in total. The number of nitrogens with zero attached hydrogens (tertiary/aromatic N) is 2. The smallest absolute Gasteiger partial charge is 0.187 e. The highest BCUT2D eigenvalue weighted by Crippen LogP contribution is 2.27. The first-order valence-electron chi connectivity index (χ1n) is 9.31. The van der Waals surface area contributed by atoms with Gasteiger partial charge in [-0.15, -0.1) is 0 Å². The number of carbonyl (C=O) groups is 1. The minimum absolute atomic E-state index is 0.0826. The number of halogens is 1. The van der Waals surface area contributed by atoms with E-state index in [0.717, 1.165) is 0 Å². The Balaban J connectivity index is 1.65. The van der Waals surface area contributed by atoms with Gasteiger partial charge in [0.1, 0.15) is 17.3 Å². The molecule has 0 bridgehead atoms. The van der Waals surface area contributed by atoms with Gasteiger partial charge >= 0.3 is 0 Å². The van der Waals surface area contributed by atoms with E-state index in [1.54, 1.807) is 54.0 Å². The van der Waals surface area contributed by atoms with E-state index >= 15 is 0 Å². The number of rotatable bonds is 7. The van der Waals surface area contributed by atoms with Crippen LogP contribution < -0.4 is 0 Å². The molecule has 4 aromatic rings. The predicted molar refractivity (Wildman–Crippen MR) is 109 cm³/mol. The summed E-state index contributed by atoms with van der Waals surface area (Å²) in [5.74, 6) is -0.899. The second-order valence-corrected chi connectivity index (χ2v) is 9.13. The van der Waals surface area contributed by atoms with Crippen molar-refractivity contribution in [2.75, 3.05) is 5.75 Å². The van der Waals surface area contributed by atoms with E-state index in [0.29, 0.717) is 34.5 Å². The summed E-state index contributed by atoms with van der Waals surface area (Å²) in [6.07, 6.45) is 1.40. The van der Waals surface area contributed by atoms with Crippen molar-refractivity contribution < 1.29 is 22.1 Å². The molecule has 2 heterocycles. The van der Waals surface area contributed by atoms with E-state index in [1.807, 2.05) is 0 Å². The fourth-order valence-electron chi connectivity index (χ4n) is 3.47. The van der Waals surface area contributed by atoms with Crippen molar-refractivity contribution in [3.63, 3.8) is 0 Å². The van der Waals surface area contributed by atoms with Crippen LogP contribution in [0, 0.1) is 12.7 Å². The molecule has 0 aliphatic carbocycles. The van der Waals surface area contributed by atoms with Gasteiger partial charge in [-0.1, -0.05) is 35.5 Å². The Morgan fingerprint density at radius 1 is 1.13 bits per heavy atom. The third-order valence-corrected chi connectivity index (χ3v) is 6.43. The monoisotopic (exact) mass is 426 g/mol. The maximum absolute atomic E-state index is 13.5. The molecule has 0 radical (unpaired) electrons. The molecule has 0 atom stereocenters. The topological polar surface area (TPSA) is 82.2 Å². The molecule has 30 heavy (non-hydrogen) atoms. The Hall–Kier alpha value is -3.26. The molecule has 0 saturated carbocycles. The molecule has 0 unspecified atom stereocenters. The maximum Gasteiger partial charge on any atom is 0.187 e. The summed E-state index contributed by atoms with van der Waals surface area (Å²) in [5, 5.41) is 4.27. The summed E-state index contributed by atoms with van der Waals surface area (Å²) >= 11 is 0. The number of carbonyl (C=O) groups excluding carboxylic acids is 1. The number of aryl methyl sites for hydroxylation is 1. The molecule has 0 fully saturated rings. The Labute approximate surface area is 172 Å². The lowest BCUT2D eigenvalue weighted by atomic mass is 10.2. The van der Waals surface area contributed by atoms with E-state index in [9.17, 15) is 17.6 Å². The number of Topliss-reactive ketones (excluding diaryl/α,β-unsaturated/α-hetero) is 1. The fourth-order valence-corrected chi connectivity index (χ4v) is 4.94. The maximum atomic E-state index is 13.5. The average Bonchev–Trinajstić information content (AvgIpc) is 3.25. The zero-order chi connectivity index (χ0) is 21.3. The minimum atomic E-state index is -3.88. The number of aromatic nitrogens is 2. The third-order valence-electron chi connectivity index (χ3n) is 4.74. The molecule has 2 aromatic carbocycles. The van der Waals surface area contributed by atoms with Crippen LogP contribution in [0.15, 0.2) is 70.2 Å². The number of hydrogen-bond acceptors (Lipinski definition) is 5. The van der Waals surface area contributed by atoms with Crippen LogP contribution in [0.2, 0.25) is 0 Å². The zero-order valence-electron chi connectivity index (χ0n) is 16.2. The highest BCUT2D eigenvalue weighted by Gasteiger charge is 2.25. The summed E-state index contributed by atoms with van der Waals surface area (Å²) < 4.78 is 46.3. The van der Waals surface area contributed by atoms with E-state index in [-0.39, 0.29) is 17.1 Å². The first-order chi connectivity index (χ1) is 14.3. The molecule has 2 aromatic heterocycles. The van der Waals surface area contributed by atoms with Crippen LogP contribution in [0.1, 0.15) is 17.0 Å². The number of para-hydroxylation sites is 1. The van der Waals surface area contributed by atoms with Gasteiger partial charge in [0.25, 0.3) is 0 Å². The largest absolute Gasteiger partial charge is 0.361 e. The molecular formula is C22H19FN2O4S. The van der Waals surface area contributed by atoms with Crippen molar-refractivity contribution in [3.05, 3.63) is 83.6 Å². The quantitative estimate of drug-likeness (QED) is 0.450. The van der Waals surface area contributed by atoms with Crippen LogP contribution in [0.25, 0.3) is 10.9 Å². The lowest BCUT2D eigenvalue weighted by Gasteiger charge is -2.05. The Kier molecular flexibility index (Phi) is 5.26. The molecule has 154 valence electrons. The number of hydrogen-bond donors (Lipinski definition) is 0. The number of sulfone groups is 1. The lowest BCUT2D eigenvalue weighted by molar-refractivity contribution is -0.116. The van der Waals surface area contributed by atoms with Crippen LogP contribution >= 0.6 is 0 Å². The molecule has 4 rings (SSSR count). The summed E-state index contributed by atoms with van der Waals surface area (Å²) in [4.78, 5) is 12.5. The van der Waals surface area contributed by atoms with Crippen molar-refractivity contribution in [3.8, 4) is 0 Å². The van der Waals surface area contributed by atoms with E-state index < -0.39 is 21.4 Å². The van der Waals surface area contributed by atoms with Gasteiger partial charge in [-0.2, -0.15) is 0 Å². The molecular weight excluding hydrogens is 407 g/mol. The van der Waals surface area contributed by atoms with Crippen LogP contribution in [-0.4, -0.2) is 29.7 Å². The second kappa shape index (κ2) is 7.87. The number of ketones is 1. The molecule has 6 nitrogen and oxygen atoms in total. The van der Waals surface area contributed by atoms with Crippen molar-refractivity contribution in [2.24, 2.45) is 0 Å². The van der Waals surface area contributed by atoms with Gasteiger partial charge in [0.2, 0.25) is 0 Å². The highest BCUT2D eigenvalue weighted by atomic mass is 32.2. The SMILES string of the molecule is Cc1cc(CC(=O)CS(=O)(=O)c2cn(Cc3cccc(F)c3)c3ccccc23)no1. The predicted octanol–water partition coefficient (Wildman–Crippen LogP) is 3.71. The average molecular weight is 426 g/mol. The molecule has 0 amide bonds. The molecule has 0 spiro atoms. The van der Waals surface area contributed by atoms with Crippen molar-refractivity contribution in [1.29, 1.82) is 0 Å². The van der Waals surface area contributed by atoms with Crippen molar-refractivity contribution in [1.82, 2.24) is 9.72 Å². The van der Waals surface area contributed by atoms with Gasteiger partial charge in [0, 0.05) is 29.7 Å². The van der Waals surface area contributed by atoms with Gasteiger partial charge in [0.05, 0.1) is 17.0 Å². The van der Waals surface area contributed by atoms with Gasteiger partial charge in [-0.05, 0) is 30.7 Å². The van der Waals surface area contributed by atoms with E-state index in [1.165, 1.54) is 18.3 Å². The van der Waals surface area contributed by atoms with E-state index in [2.05, 4.69) is 5.16 Å². The summed E-state index contributed by atoms with van der Waals surface area (Å²) in [7, 11) is -3.88. The third kappa shape index (κ3) is 4.18. The molecule has 0 aliphatic heterocycles. The zero-order valence-corrected chi connectivity index (χ0v) is 17.0. The summed E-state index contributed by atoms with van der Waals surface area (Å²) in [6.45, 7) is 2.01. The normalized spacial score (nSPS) is 11.8. The fraction of sp³-hybridized carbons (Fsp3) is 0.182. The van der Waals surface area contributed by atoms with Crippen molar-refractivity contribution >= 4 is 26.5 Å². The van der Waals surface area contributed by atoms with Gasteiger partial charge in [0.15, 0.2) is 15.6 Å². The van der Waals surface area contributed by atoms with Crippen LogP contribution in [0.4, 0.5) is 4.39 Å². The Morgan fingerprint density at radius 3 is 2.67 bits per heavy atom. The standard InChI is InChI=1S/C22H19FN2O4S/c1-15-9-18(24-29-15)11-19(26)14-30(27,28)22-13-25(21-8-3-2-7-20(21)22)12-16-5-4-6-17(23)10-16/h2-10,13H,11-12,14H2,1H3. The van der Waals surface area contributed by atoms with Crippen LogP contribution in [0.5, 0.6) is 0 Å². The van der Waals surface area contributed by atoms with Crippen LogP contribution in [-0.2, 0) is 27.6 Å². The van der Waals surface area contributed by atoms with Gasteiger partial charge < -0.3 is 9.09 Å². The van der Waals surface area contributed by atoms with Gasteiger partial charge in [-0.25, -0.2) is 12.8 Å².